The van der Waals surface area contributed by atoms with Gasteiger partial charge < -0.3 is 4.74 Å². The molecule has 0 aliphatic rings. The largest absolute Gasteiger partial charge is 0.455 e. The minimum atomic E-state index is -0.491. The van der Waals surface area contributed by atoms with Crippen molar-refractivity contribution in [2.24, 2.45) is 0 Å². The lowest BCUT2D eigenvalue weighted by Gasteiger charge is -2.09. The number of aromatic nitrogens is 3. The average molecular weight is 365 g/mol. The molecule has 0 spiro atoms. The summed E-state index contributed by atoms with van der Waals surface area (Å²) in [5.41, 5.74) is 3.69. The van der Waals surface area contributed by atoms with Gasteiger partial charge in [-0.25, -0.2) is 9.37 Å². The van der Waals surface area contributed by atoms with Gasteiger partial charge >= 0.3 is 0 Å². The van der Waals surface area contributed by atoms with E-state index in [-0.39, 0.29) is 18.0 Å². The van der Waals surface area contributed by atoms with Gasteiger partial charge in [-0.3, -0.25) is 14.8 Å². The van der Waals surface area contributed by atoms with Crippen LogP contribution in [-0.4, -0.2) is 20.7 Å². The number of ketones is 1. The number of nitrogens with zero attached hydrogens (tertiary/aromatic N) is 3. The number of carbonyl (C=O) groups excluding carboxylic acids is 1. The second kappa shape index (κ2) is 8.03. The fraction of sp³-hybridized carbons (Fsp3) is 0.238. The maximum Gasteiger partial charge on any atom is 0.187 e. The number of carbonyl (C=O) groups is 1. The Bertz CT molecular complexity index is 989. The number of hydrogen-bond donors (Lipinski definition) is 0. The monoisotopic (exact) mass is 365 g/mol. The summed E-state index contributed by atoms with van der Waals surface area (Å²) in [7, 11) is 0. The van der Waals surface area contributed by atoms with Crippen molar-refractivity contribution in [3.8, 4) is 11.5 Å². The Balaban J connectivity index is 1.85. The summed E-state index contributed by atoms with van der Waals surface area (Å²) >= 11 is 0. The number of Topliss-reactive ketones (excluding diaryl/α,β-unsaturated/α-hetero) is 1. The van der Waals surface area contributed by atoms with Gasteiger partial charge in [0.15, 0.2) is 5.78 Å². The Morgan fingerprint density at radius 1 is 1.04 bits per heavy atom. The van der Waals surface area contributed by atoms with E-state index >= 15 is 0 Å². The second-order valence-corrected chi connectivity index (χ2v) is 6.28. The van der Waals surface area contributed by atoms with Crippen molar-refractivity contribution in [3.63, 3.8) is 0 Å². The smallest absolute Gasteiger partial charge is 0.187 e. The summed E-state index contributed by atoms with van der Waals surface area (Å²) in [6, 6.07) is 8.33. The Morgan fingerprint density at radius 3 is 2.56 bits per heavy atom. The van der Waals surface area contributed by atoms with Crippen LogP contribution in [0.2, 0.25) is 0 Å². The van der Waals surface area contributed by atoms with Gasteiger partial charge in [-0.1, -0.05) is 13.0 Å². The molecule has 0 amide bonds. The van der Waals surface area contributed by atoms with Crippen LogP contribution in [0.1, 0.15) is 40.1 Å². The van der Waals surface area contributed by atoms with E-state index in [4.69, 9.17) is 4.74 Å². The minimum Gasteiger partial charge on any atom is -0.455 e. The zero-order chi connectivity index (χ0) is 19.4. The van der Waals surface area contributed by atoms with Gasteiger partial charge in [-0.15, -0.1) is 0 Å². The number of halogens is 1. The average Bonchev–Trinajstić information content (AvgIpc) is 2.64. The van der Waals surface area contributed by atoms with Gasteiger partial charge in [0.25, 0.3) is 0 Å². The van der Waals surface area contributed by atoms with Crippen molar-refractivity contribution in [2.75, 3.05) is 0 Å². The summed E-state index contributed by atoms with van der Waals surface area (Å²) in [6.45, 7) is 5.83. The van der Waals surface area contributed by atoms with Crippen molar-refractivity contribution < 1.29 is 13.9 Å². The molecule has 27 heavy (non-hydrogen) atoms. The van der Waals surface area contributed by atoms with Gasteiger partial charge in [-0.2, -0.15) is 0 Å². The molecule has 0 saturated carbocycles. The van der Waals surface area contributed by atoms with Crippen molar-refractivity contribution in [3.05, 3.63) is 76.9 Å². The quantitative estimate of drug-likeness (QED) is 0.606. The zero-order valence-electron chi connectivity index (χ0n) is 15.5. The van der Waals surface area contributed by atoms with E-state index in [1.807, 2.05) is 32.9 Å². The van der Waals surface area contributed by atoms with Crippen LogP contribution in [0, 0.1) is 19.7 Å². The highest BCUT2D eigenvalue weighted by Gasteiger charge is 2.14. The van der Waals surface area contributed by atoms with Gasteiger partial charge in [0.2, 0.25) is 0 Å². The molecule has 0 radical (unpaired) electrons. The van der Waals surface area contributed by atoms with Crippen LogP contribution in [0.4, 0.5) is 4.39 Å². The van der Waals surface area contributed by atoms with Gasteiger partial charge in [-0.05, 0) is 31.9 Å². The molecule has 0 aromatic carbocycles. The third kappa shape index (κ3) is 4.73. The number of pyridine rings is 3. The normalized spacial score (nSPS) is 10.7. The molecular weight excluding hydrogens is 345 g/mol. The van der Waals surface area contributed by atoms with Crippen LogP contribution in [0.25, 0.3) is 0 Å². The fourth-order valence-corrected chi connectivity index (χ4v) is 2.56. The Hall–Kier alpha value is -3.15. The molecule has 3 rings (SSSR count). The molecule has 5 nitrogen and oxygen atoms in total. The summed E-state index contributed by atoms with van der Waals surface area (Å²) in [4.78, 5) is 25.3. The van der Waals surface area contributed by atoms with Crippen LogP contribution in [0.15, 0.2) is 42.7 Å². The van der Waals surface area contributed by atoms with E-state index in [0.717, 1.165) is 17.5 Å². The van der Waals surface area contributed by atoms with Crippen molar-refractivity contribution in [2.45, 2.75) is 33.6 Å². The summed E-state index contributed by atoms with van der Waals surface area (Å²) in [6.07, 6.45) is 3.31. The van der Waals surface area contributed by atoms with Crippen LogP contribution in [0.5, 0.6) is 11.5 Å². The first-order chi connectivity index (χ1) is 12.9. The fourth-order valence-electron chi connectivity index (χ4n) is 2.56. The minimum absolute atomic E-state index is 0.150. The molecule has 0 aliphatic carbocycles. The van der Waals surface area contributed by atoms with Crippen molar-refractivity contribution >= 4 is 5.78 Å². The molecule has 3 aromatic heterocycles. The molecule has 3 aromatic rings. The third-order valence-corrected chi connectivity index (χ3v) is 4.16. The van der Waals surface area contributed by atoms with Crippen LogP contribution in [-0.2, 0) is 12.8 Å². The second-order valence-electron chi connectivity index (χ2n) is 6.28. The predicted octanol–water partition coefficient (Wildman–Crippen LogP) is 4.41. The first-order valence-corrected chi connectivity index (χ1v) is 8.70. The van der Waals surface area contributed by atoms with E-state index in [2.05, 4.69) is 15.0 Å². The van der Waals surface area contributed by atoms with Crippen LogP contribution >= 0.6 is 0 Å². The van der Waals surface area contributed by atoms with E-state index in [1.165, 1.54) is 12.3 Å². The first kappa shape index (κ1) is 18.6. The van der Waals surface area contributed by atoms with Crippen molar-refractivity contribution in [1.82, 2.24) is 15.0 Å². The summed E-state index contributed by atoms with van der Waals surface area (Å²) in [5, 5.41) is 0. The Kier molecular flexibility index (Phi) is 5.54. The molecule has 0 saturated heterocycles. The zero-order valence-corrected chi connectivity index (χ0v) is 15.5. The summed E-state index contributed by atoms with van der Waals surface area (Å²) in [5.74, 6) is 0.0424. The lowest BCUT2D eigenvalue weighted by molar-refractivity contribution is 0.0986. The molecule has 0 N–H and O–H groups in total. The molecule has 0 fully saturated rings. The number of rotatable bonds is 6. The van der Waals surface area contributed by atoms with Crippen LogP contribution in [0.3, 0.4) is 0 Å². The molecule has 0 aliphatic heterocycles. The number of hydrogen-bond acceptors (Lipinski definition) is 5. The molecule has 0 unspecified atom stereocenters. The predicted molar refractivity (Wildman–Crippen MR) is 99.6 cm³/mol. The molecule has 0 bridgehead atoms. The summed E-state index contributed by atoms with van der Waals surface area (Å²) < 4.78 is 19.0. The SMILES string of the molecule is CCc1cc(Oc2cncc(F)c2)cc(C(=O)Cc2ccc(C)c(C)n2)n1. The lowest BCUT2D eigenvalue weighted by Crippen LogP contribution is -2.09. The maximum absolute atomic E-state index is 13.3. The highest BCUT2D eigenvalue weighted by molar-refractivity contribution is 5.96. The Morgan fingerprint density at radius 2 is 1.85 bits per heavy atom. The number of aryl methyl sites for hydroxylation is 3. The molecule has 0 atom stereocenters. The molecule has 3 heterocycles. The first-order valence-electron chi connectivity index (χ1n) is 8.70. The molecule has 6 heteroatoms. The highest BCUT2D eigenvalue weighted by atomic mass is 19.1. The van der Waals surface area contributed by atoms with Crippen molar-refractivity contribution in [1.29, 1.82) is 0 Å². The highest BCUT2D eigenvalue weighted by Crippen LogP contribution is 2.23. The standard InChI is InChI=1S/C21H20FN3O2/c1-4-16-8-18(27-19-7-15(22)11-23-12-19)10-20(25-16)21(26)9-17-6-5-13(2)14(3)24-17/h5-8,10-12H,4,9H2,1-3H3. The van der Waals surface area contributed by atoms with Crippen LogP contribution < -0.4 is 4.74 Å². The van der Waals surface area contributed by atoms with Gasteiger partial charge in [0, 0.05) is 35.3 Å². The van der Waals surface area contributed by atoms with E-state index in [9.17, 15) is 9.18 Å². The van der Waals surface area contributed by atoms with E-state index < -0.39 is 5.82 Å². The maximum atomic E-state index is 13.3. The van der Waals surface area contributed by atoms with E-state index in [1.54, 1.807) is 12.1 Å². The lowest BCUT2D eigenvalue weighted by atomic mass is 10.1. The molecular formula is C21H20FN3O2. The third-order valence-electron chi connectivity index (χ3n) is 4.16. The van der Waals surface area contributed by atoms with Gasteiger partial charge in [0.05, 0.1) is 18.8 Å². The topological polar surface area (TPSA) is 65.0 Å². The number of ether oxygens (including phenoxy) is 1. The Labute approximate surface area is 157 Å². The van der Waals surface area contributed by atoms with E-state index in [0.29, 0.717) is 29.3 Å². The van der Waals surface area contributed by atoms with Gasteiger partial charge in [0.1, 0.15) is 23.0 Å². The molecule has 138 valence electrons.